The maximum absolute atomic E-state index is 6.13. The molecule has 2 heteroatoms. The molecule has 108 valence electrons. The van der Waals surface area contributed by atoms with E-state index >= 15 is 0 Å². The first-order valence-corrected chi connectivity index (χ1v) is 7.99. The maximum Gasteiger partial charge on any atom is 0.131 e. The molecule has 2 aromatic carbocycles. The summed E-state index contributed by atoms with van der Waals surface area (Å²) in [6.07, 6.45) is 4.94. The van der Waals surface area contributed by atoms with E-state index in [2.05, 4.69) is 53.8 Å². The second kappa shape index (κ2) is 5.53. The molecule has 1 atom stereocenters. The minimum atomic E-state index is 0.443. The number of rotatable bonds is 3. The first-order valence-electron chi connectivity index (χ1n) is 7.99. The SMILES string of the molecule is c1ccc(-c2cccc3c2OCCCC3NC2CC2)cc1. The summed E-state index contributed by atoms with van der Waals surface area (Å²) in [4.78, 5) is 0. The van der Waals surface area contributed by atoms with E-state index in [-0.39, 0.29) is 0 Å². The molecule has 0 amide bonds. The highest BCUT2D eigenvalue weighted by molar-refractivity contribution is 5.72. The smallest absolute Gasteiger partial charge is 0.131 e. The topological polar surface area (TPSA) is 21.3 Å². The Morgan fingerprint density at radius 1 is 0.905 bits per heavy atom. The van der Waals surface area contributed by atoms with Gasteiger partial charge < -0.3 is 10.1 Å². The van der Waals surface area contributed by atoms with Gasteiger partial charge in [0.05, 0.1) is 6.61 Å². The van der Waals surface area contributed by atoms with E-state index in [1.165, 1.54) is 36.0 Å². The number of hydrogen-bond acceptors (Lipinski definition) is 2. The highest BCUT2D eigenvalue weighted by atomic mass is 16.5. The van der Waals surface area contributed by atoms with Gasteiger partial charge in [-0.15, -0.1) is 0 Å². The van der Waals surface area contributed by atoms with Crippen LogP contribution < -0.4 is 10.1 Å². The molecule has 0 spiro atoms. The number of benzene rings is 2. The van der Waals surface area contributed by atoms with Gasteiger partial charge in [0, 0.05) is 23.2 Å². The van der Waals surface area contributed by atoms with Gasteiger partial charge in [0.2, 0.25) is 0 Å². The van der Waals surface area contributed by atoms with Crippen LogP contribution in [0.15, 0.2) is 48.5 Å². The quantitative estimate of drug-likeness (QED) is 0.903. The standard InChI is InChI=1S/C19H21NO/c1-2-6-14(7-3-1)16-8-4-9-17-18(20-15-11-12-15)10-5-13-21-19(16)17/h1-4,6-9,15,18,20H,5,10-13H2. The molecule has 4 rings (SSSR count). The van der Waals surface area contributed by atoms with Crippen molar-refractivity contribution in [3.05, 3.63) is 54.1 Å². The van der Waals surface area contributed by atoms with Crippen LogP contribution in [0.3, 0.4) is 0 Å². The van der Waals surface area contributed by atoms with E-state index in [4.69, 9.17) is 4.74 Å². The average Bonchev–Trinajstić information content (AvgIpc) is 3.36. The lowest BCUT2D eigenvalue weighted by Crippen LogP contribution is -2.23. The summed E-state index contributed by atoms with van der Waals surface area (Å²) in [5, 5.41) is 3.79. The van der Waals surface area contributed by atoms with E-state index in [9.17, 15) is 0 Å². The van der Waals surface area contributed by atoms with Crippen LogP contribution in [-0.4, -0.2) is 12.6 Å². The van der Waals surface area contributed by atoms with Crippen molar-refractivity contribution >= 4 is 0 Å². The molecule has 2 nitrogen and oxygen atoms in total. The van der Waals surface area contributed by atoms with Gasteiger partial charge in [-0.05, 0) is 31.2 Å². The Kier molecular flexibility index (Phi) is 3.40. The van der Waals surface area contributed by atoms with Crippen molar-refractivity contribution in [1.82, 2.24) is 5.32 Å². The molecule has 2 aliphatic rings. The van der Waals surface area contributed by atoms with Gasteiger partial charge >= 0.3 is 0 Å². The predicted octanol–water partition coefficient (Wildman–Crippen LogP) is 4.32. The minimum absolute atomic E-state index is 0.443. The van der Waals surface area contributed by atoms with E-state index in [1.54, 1.807) is 0 Å². The van der Waals surface area contributed by atoms with Gasteiger partial charge in [-0.25, -0.2) is 0 Å². The molecule has 1 N–H and O–H groups in total. The van der Waals surface area contributed by atoms with E-state index in [0.29, 0.717) is 6.04 Å². The summed E-state index contributed by atoms with van der Waals surface area (Å²) in [6, 6.07) is 18.3. The monoisotopic (exact) mass is 279 g/mol. The lowest BCUT2D eigenvalue weighted by molar-refractivity contribution is 0.316. The van der Waals surface area contributed by atoms with Crippen LogP contribution in [0.25, 0.3) is 11.1 Å². The van der Waals surface area contributed by atoms with Crippen LogP contribution in [-0.2, 0) is 0 Å². The number of fused-ring (bicyclic) bond motifs is 1. The Morgan fingerprint density at radius 3 is 2.57 bits per heavy atom. The van der Waals surface area contributed by atoms with E-state index < -0.39 is 0 Å². The van der Waals surface area contributed by atoms with E-state index in [1.807, 2.05) is 0 Å². The summed E-state index contributed by atoms with van der Waals surface area (Å²) in [6.45, 7) is 0.819. The molecule has 1 saturated carbocycles. The molecule has 0 radical (unpaired) electrons. The van der Waals surface area contributed by atoms with Gasteiger partial charge in [-0.3, -0.25) is 0 Å². The Hall–Kier alpha value is -1.80. The molecule has 0 saturated heterocycles. The second-order valence-electron chi connectivity index (χ2n) is 6.07. The van der Waals surface area contributed by atoms with Gasteiger partial charge in [-0.2, -0.15) is 0 Å². The number of nitrogens with one attached hydrogen (secondary N) is 1. The third-order valence-electron chi connectivity index (χ3n) is 4.40. The van der Waals surface area contributed by atoms with Crippen molar-refractivity contribution in [2.75, 3.05) is 6.61 Å². The van der Waals surface area contributed by atoms with Crippen LogP contribution >= 0.6 is 0 Å². The maximum atomic E-state index is 6.13. The normalized spacial score (nSPS) is 21.2. The zero-order chi connectivity index (χ0) is 14.1. The van der Waals surface area contributed by atoms with Crippen molar-refractivity contribution in [3.8, 4) is 16.9 Å². The lowest BCUT2D eigenvalue weighted by atomic mass is 9.96. The molecule has 1 unspecified atom stereocenters. The number of para-hydroxylation sites is 1. The number of hydrogen-bond donors (Lipinski definition) is 1. The Balaban J connectivity index is 1.76. The highest BCUT2D eigenvalue weighted by Gasteiger charge is 2.28. The number of ether oxygens (including phenoxy) is 1. The first-order chi connectivity index (χ1) is 10.4. The van der Waals surface area contributed by atoms with Crippen molar-refractivity contribution < 1.29 is 4.74 Å². The molecule has 0 bridgehead atoms. The third-order valence-corrected chi connectivity index (χ3v) is 4.40. The van der Waals surface area contributed by atoms with Crippen molar-refractivity contribution in [2.24, 2.45) is 0 Å². The van der Waals surface area contributed by atoms with Crippen molar-refractivity contribution in [2.45, 2.75) is 37.8 Å². The fourth-order valence-corrected chi connectivity index (χ4v) is 3.16. The Morgan fingerprint density at radius 2 is 1.76 bits per heavy atom. The fraction of sp³-hybridized carbons (Fsp3) is 0.368. The van der Waals surface area contributed by atoms with Crippen LogP contribution in [0.5, 0.6) is 5.75 Å². The first kappa shape index (κ1) is 12.9. The summed E-state index contributed by atoms with van der Waals surface area (Å²) in [7, 11) is 0. The van der Waals surface area contributed by atoms with Gasteiger partial charge in [-0.1, -0.05) is 48.5 Å². The van der Waals surface area contributed by atoms with Gasteiger partial charge in [0.1, 0.15) is 5.75 Å². The minimum Gasteiger partial charge on any atom is -0.493 e. The molecular weight excluding hydrogens is 258 g/mol. The molecule has 21 heavy (non-hydrogen) atoms. The van der Waals surface area contributed by atoms with Gasteiger partial charge in [0.25, 0.3) is 0 Å². The molecule has 1 heterocycles. The second-order valence-corrected chi connectivity index (χ2v) is 6.07. The summed E-state index contributed by atoms with van der Waals surface area (Å²) in [5.41, 5.74) is 3.79. The van der Waals surface area contributed by atoms with Crippen molar-refractivity contribution in [1.29, 1.82) is 0 Å². The summed E-state index contributed by atoms with van der Waals surface area (Å²) >= 11 is 0. The largest absolute Gasteiger partial charge is 0.493 e. The molecule has 1 fully saturated rings. The predicted molar refractivity (Wildman–Crippen MR) is 85.5 cm³/mol. The average molecular weight is 279 g/mol. The van der Waals surface area contributed by atoms with Crippen LogP contribution in [0.4, 0.5) is 0 Å². The zero-order valence-corrected chi connectivity index (χ0v) is 12.2. The fourth-order valence-electron chi connectivity index (χ4n) is 3.16. The van der Waals surface area contributed by atoms with Crippen molar-refractivity contribution in [3.63, 3.8) is 0 Å². The van der Waals surface area contributed by atoms with Crippen LogP contribution in [0.1, 0.15) is 37.3 Å². The van der Waals surface area contributed by atoms with Crippen LogP contribution in [0, 0.1) is 0 Å². The molecule has 0 aromatic heterocycles. The Labute approximate surface area is 126 Å². The lowest BCUT2D eigenvalue weighted by Gasteiger charge is -2.20. The third kappa shape index (κ3) is 2.68. The molecular formula is C19H21NO. The van der Waals surface area contributed by atoms with E-state index in [0.717, 1.165) is 24.8 Å². The molecule has 1 aliphatic heterocycles. The molecule has 1 aliphatic carbocycles. The summed E-state index contributed by atoms with van der Waals surface area (Å²) < 4.78 is 6.13. The Bertz CT molecular complexity index is 619. The summed E-state index contributed by atoms with van der Waals surface area (Å²) in [5.74, 6) is 1.08. The van der Waals surface area contributed by atoms with Gasteiger partial charge in [0.15, 0.2) is 0 Å². The highest BCUT2D eigenvalue weighted by Crippen LogP contribution is 2.40. The zero-order valence-electron chi connectivity index (χ0n) is 12.2. The molecule has 2 aromatic rings. The van der Waals surface area contributed by atoms with Crippen LogP contribution in [0.2, 0.25) is 0 Å².